The number of carboxylic acid groups (broad SMARTS) is 1. The topological polar surface area (TPSA) is 69.6 Å². The Morgan fingerprint density at radius 1 is 1.19 bits per heavy atom. The van der Waals surface area contributed by atoms with Crippen molar-refractivity contribution in [1.29, 1.82) is 0 Å². The number of urea groups is 1. The molecule has 0 unspecified atom stereocenters. The van der Waals surface area contributed by atoms with Crippen LogP contribution in [0.15, 0.2) is 37.4 Å². The standard InChI is InChI=1S/C14H14F2N2O3/c1-3-5-18(6-4-2)14(21)17-12-8-11(16)10(15)7-9(12)13(19)20/h3-4,7-8H,1-2,5-6H2,(H,17,21)(H,19,20). The smallest absolute Gasteiger partial charge is 0.337 e. The quantitative estimate of drug-likeness (QED) is 0.793. The lowest BCUT2D eigenvalue weighted by molar-refractivity contribution is 0.0697. The predicted octanol–water partition coefficient (Wildman–Crippen LogP) is 2.87. The first-order valence-electron chi connectivity index (χ1n) is 5.90. The molecule has 0 bridgehead atoms. The van der Waals surface area contributed by atoms with Gasteiger partial charge in [0.05, 0.1) is 11.3 Å². The molecule has 0 atom stereocenters. The zero-order valence-electron chi connectivity index (χ0n) is 11.1. The molecule has 0 aliphatic carbocycles. The first kappa shape index (κ1) is 16.4. The number of anilines is 1. The molecule has 7 heteroatoms. The molecule has 1 aromatic carbocycles. The van der Waals surface area contributed by atoms with Crippen molar-refractivity contribution in [3.05, 3.63) is 54.6 Å². The molecule has 0 aliphatic rings. The van der Waals surface area contributed by atoms with Gasteiger partial charge in [-0.3, -0.25) is 0 Å². The Labute approximate surface area is 120 Å². The maximum Gasteiger partial charge on any atom is 0.337 e. The molecule has 0 aliphatic heterocycles. The van der Waals surface area contributed by atoms with Crippen LogP contribution >= 0.6 is 0 Å². The van der Waals surface area contributed by atoms with Gasteiger partial charge in [-0.05, 0) is 6.07 Å². The minimum Gasteiger partial charge on any atom is -0.478 e. The number of carbonyl (C=O) groups is 2. The molecule has 1 aromatic rings. The van der Waals surface area contributed by atoms with Crippen molar-refractivity contribution >= 4 is 17.7 Å². The Morgan fingerprint density at radius 2 is 1.71 bits per heavy atom. The van der Waals surface area contributed by atoms with Crippen LogP contribution in [0.5, 0.6) is 0 Å². The van der Waals surface area contributed by atoms with Gasteiger partial charge in [-0.25, -0.2) is 18.4 Å². The first-order chi connectivity index (χ1) is 9.90. The second-order valence-corrected chi connectivity index (χ2v) is 4.03. The highest BCUT2D eigenvalue weighted by Crippen LogP contribution is 2.20. The molecule has 0 saturated heterocycles. The van der Waals surface area contributed by atoms with E-state index in [0.717, 1.165) is 0 Å². The summed E-state index contributed by atoms with van der Waals surface area (Å²) >= 11 is 0. The molecule has 0 fully saturated rings. The number of benzene rings is 1. The van der Waals surface area contributed by atoms with Crippen LogP contribution in [0.25, 0.3) is 0 Å². The molecule has 5 nitrogen and oxygen atoms in total. The summed E-state index contributed by atoms with van der Waals surface area (Å²) in [6.45, 7) is 7.34. The fraction of sp³-hybridized carbons (Fsp3) is 0.143. The molecule has 0 spiro atoms. The third-order valence-electron chi connectivity index (χ3n) is 2.52. The van der Waals surface area contributed by atoms with Crippen LogP contribution < -0.4 is 5.32 Å². The van der Waals surface area contributed by atoms with Gasteiger partial charge in [-0.15, -0.1) is 13.2 Å². The van der Waals surface area contributed by atoms with Gasteiger partial charge < -0.3 is 15.3 Å². The zero-order chi connectivity index (χ0) is 16.0. The van der Waals surface area contributed by atoms with E-state index in [0.29, 0.717) is 12.1 Å². The molecule has 0 radical (unpaired) electrons. The van der Waals surface area contributed by atoms with Crippen LogP contribution in [0.2, 0.25) is 0 Å². The second-order valence-electron chi connectivity index (χ2n) is 4.03. The summed E-state index contributed by atoms with van der Waals surface area (Å²) in [6, 6.07) is 0.457. The number of hydrogen-bond donors (Lipinski definition) is 2. The predicted molar refractivity (Wildman–Crippen MR) is 74.3 cm³/mol. The van der Waals surface area contributed by atoms with E-state index in [-0.39, 0.29) is 18.8 Å². The third kappa shape index (κ3) is 4.13. The van der Waals surface area contributed by atoms with E-state index in [1.165, 1.54) is 17.1 Å². The van der Waals surface area contributed by atoms with Gasteiger partial charge in [0, 0.05) is 19.2 Å². The number of amides is 2. The van der Waals surface area contributed by atoms with Crippen molar-refractivity contribution in [1.82, 2.24) is 4.90 Å². The van der Waals surface area contributed by atoms with Crippen LogP contribution in [0, 0.1) is 11.6 Å². The van der Waals surface area contributed by atoms with Gasteiger partial charge in [0.15, 0.2) is 11.6 Å². The van der Waals surface area contributed by atoms with Crippen molar-refractivity contribution in [3.63, 3.8) is 0 Å². The highest BCUT2D eigenvalue weighted by Gasteiger charge is 2.19. The number of carboxylic acids is 1. The average Bonchev–Trinajstić information content (AvgIpc) is 2.42. The lowest BCUT2D eigenvalue weighted by Crippen LogP contribution is -2.35. The van der Waals surface area contributed by atoms with E-state index >= 15 is 0 Å². The molecule has 2 N–H and O–H groups in total. The van der Waals surface area contributed by atoms with Crippen LogP contribution in [0.3, 0.4) is 0 Å². The maximum atomic E-state index is 13.2. The van der Waals surface area contributed by atoms with Crippen molar-refractivity contribution in [2.24, 2.45) is 0 Å². The highest BCUT2D eigenvalue weighted by atomic mass is 19.2. The molecule has 1 rings (SSSR count). The minimum absolute atomic E-state index is 0.184. The Hall–Kier alpha value is -2.70. The van der Waals surface area contributed by atoms with Crippen LogP contribution in [-0.2, 0) is 0 Å². The molecule has 0 aromatic heterocycles. The van der Waals surface area contributed by atoms with Crippen molar-refractivity contribution in [2.75, 3.05) is 18.4 Å². The molecule has 0 saturated carbocycles. The van der Waals surface area contributed by atoms with Gasteiger partial charge in [0.1, 0.15) is 0 Å². The van der Waals surface area contributed by atoms with E-state index in [1.807, 2.05) is 0 Å². The van der Waals surface area contributed by atoms with Gasteiger partial charge in [0.2, 0.25) is 0 Å². The minimum atomic E-state index is -1.48. The SMILES string of the molecule is C=CCN(CC=C)C(=O)Nc1cc(F)c(F)cc1C(=O)O. The monoisotopic (exact) mass is 296 g/mol. The van der Waals surface area contributed by atoms with Crippen molar-refractivity contribution in [2.45, 2.75) is 0 Å². The Kier molecular flexibility index (Phi) is 5.59. The number of carbonyl (C=O) groups excluding carboxylic acids is 1. The van der Waals surface area contributed by atoms with E-state index in [9.17, 15) is 18.4 Å². The van der Waals surface area contributed by atoms with E-state index in [4.69, 9.17) is 5.11 Å². The maximum absolute atomic E-state index is 13.2. The number of nitrogens with zero attached hydrogens (tertiary/aromatic N) is 1. The summed E-state index contributed by atoms with van der Waals surface area (Å²) in [5.41, 5.74) is -0.871. The van der Waals surface area contributed by atoms with Crippen LogP contribution in [0.1, 0.15) is 10.4 Å². The highest BCUT2D eigenvalue weighted by molar-refractivity contribution is 6.00. The number of aromatic carboxylic acids is 1. The fourth-order valence-electron chi connectivity index (χ4n) is 1.57. The fourth-order valence-corrected chi connectivity index (χ4v) is 1.57. The first-order valence-corrected chi connectivity index (χ1v) is 5.90. The molecule has 2 amide bonds. The van der Waals surface area contributed by atoms with Crippen LogP contribution in [0.4, 0.5) is 19.3 Å². The molecular weight excluding hydrogens is 282 g/mol. The average molecular weight is 296 g/mol. The lowest BCUT2D eigenvalue weighted by atomic mass is 10.1. The lowest BCUT2D eigenvalue weighted by Gasteiger charge is -2.20. The van der Waals surface area contributed by atoms with Crippen molar-refractivity contribution in [3.8, 4) is 0 Å². The van der Waals surface area contributed by atoms with Crippen molar-refractivity contribution < 1.29 is 23.5 Å². The summed E-state index contributed by atoms with van der Waals surface area (Å²) in [6.07, 6.45) is 2.93. The number of nitrogens with one attached hydrogen (secondary N) is 1. The number of rotatable bonds is 6. The Balaban J connectivity index is 3.08. The third-order valence-corrected chi connectivity index (χ3v) is 2.52. The molecule has 112 valence electrons. The summed E-state index contributed by atoms with van der Waals surface area (Å²) in [5.74, 6) is -4.04. The van der Waals surface area contributed by atoms with Crippen LogP contribution in [-0.4, -0.2) is 35.1 Å². The number of hydrogen-bond acceptors (Lipinski definition) is 2. The summed E-state index contributed by atoms with van der Waals surface area (Å²) in [5, 5.41) is 11.2. The molecular formula is C14H14F2N2O3. The molecule has 21 heavy (non-hydrogen) atoms. The summed E-state index contributed by atoms with van der Waals surface area (Å²) in [7, 11) is 0. The number of halogens is 2. The van der Waals surface area contributed by atoms with E-state index in [2.05, 4.69) is 18.5 Å². The Bertz CT molecular complexity index is 578. The van der Waals surface area contributed by atoms with Gasteiger partial charge in [0.25, 0.3) is 0 Å². The Morgan fingerprint density at radius 3 is 2.19 bits per heavy atom. The largest absolute Gasteiger partial charge is 0.478 e. The van der Waals surface area contributed by atoms with Gasteiger partial charge in [-0.1, -0.05) is 12.2 Å². The second kappa shape index (κ2) is 7.18. The van der Waals surface area contributed by atoms with E-state index < -0.39 is 29.2 Å². The van der Waals surface area contributed by atoms with Gasteiger partial charge >= 0.3 is 12.0 Å². The normalized spacial score (nSPS) is 9.81. The zero-order valence-corrected chi connectivity index (χ0v) is 11.1. The molecule has 0 heterocycles. The summed E-state index contributed by atoms with van der Waals surface area (Å²) in [4.78, 5) is 24.2. The van der Waals surface area contributed by atoms with Gasteiger partial charge in [-0.2, -0.15) is 0 Å². The van der Waals surface area contributed by atoms with E-state index in [1.54, 1.807) is 0 Å². The summed E-state index contributed by atoms with van der Waals surface area (Å²) < 4.78 is 26.3.